The molecule has 1 aliphatic rings. The number of nitrogens with zero attached hydrogens (tertiary/aromatic N) is 1. The van der Waals surface area contributed by atoms with E-state index in [-0.39, 0.29) is 24.6 Å². The molecule has 1 N–H and O–H groups in total. The summed E-state index contributed by atoms with van der Waals surface area (Å²) in [6, 6.07) is 12.9. The molecular weight excluding hydrogens is 419 g/mol. The molecule has 0 aliphatic carbocycles. The molecule has 1 atom stereocenters. The number of esters is 1. The highest BCUT2D eigenvalue weighted by Gasteiger charge is 2.36. The molecule has 0 radical (unpaired) electrons. The molecule has 6 nitrogen and oxygen atoms in total. The van der Waals surface area contributed by atoms with Crippen LogP contribution in [0.2, 0.25) is 0 Å². The van der Waals surface area contributed by atoms with Crippen LogP contribution in [0.1, 0.15) is 6.42 Å². The molecule has 0 aromatic heterocycles. The van der Waals surface area contributed by atoms with Crippen molar-refractivity contribution in [3.8, 4) is 0 Å². The van der Waals surface area contributed by atoms with Crippen molar-refractivity contribution in [2.24, 2.45) is 5.92 Å². The highest BCUT2D eigenvalue weighted by molar-refractivity contribution is 9.10. The van der Waals surface area contributed by atoms with Crippen LogP contribution in [-0.2, 0) is 19.1 Å². The topological polar surface area (TPSA) is 75.7 Å². The minimum Gasteiger partial charge on any atom is -0.455 e. The second kappa shape index (κ2) is 8.30. The lowest BCUT2D eigenvalue weighted by Gasteiger charge is -2.16. The normalized spacial score (nSPS) is 16.3. The Hall–Kier alpha value is -2.74. The number of nitrogens with one attached hydrogen (secondary N) is 1. The van der Waals surface area contributed by atoms with Crippen molar-refractivity contribution >= 4 is 45.1 Å². The number of carbonyl (C=O) groups is 3. The smallest absolute Gasteiger partial charge is 0.311 e. The molecule has 3 rings (SSSR count). The Morgan fingerprint density at radius 2 is 1.89 bits per heavy atom. The first kappa shape index (κ1) is 19.0. The maximum Gasteiger partial charge on any atom is 0.311 e. The number of benzene rings is 2. The van der Waals surface area contributed by atoms with Gasteiger partial charge in [0.1, 0.15) is 5.82 Å². The zero-order valence-electron chi connectivity index (χ0n) is 14.2. The van der Waals surface area contributed by atoms with Crippen molar-refractivity contribution in [2.75, 3.05) is 23.4 Å². The lowest BCUT2D eigenvalue weighted by atomic mass is 10.1. The first-order chi connectivity index (χ1) is 12.9. The molecule has 8 heteroatoms. The lowest BCUT2D eigenvalue weighted by molar-refractivity contribution is -0.151. The van der Waals surface area contributed by atoms with Crippen LogP contribution in [0.4, 0.5) is 15.8 Å². The van der Waals surface area contributed by atoms with E-state index in [1.807, 2.05) is 0 Å². The summed E-state index contributed by atoms with van der Waals surface area (Å²) in [5.41, 5.74) is 0.701. The second-order valence-electron chi connectivity index (χ2n) is 6.02. The minimum atomic E-state index is -0.651. The molecule has 1 aliphatic heterocycles. The van der Waals surface area contributed by atoms with Gasteiger partial charge in [-0.2, -0.15) is 0 Å². The van der Waals surface area contributed by atoms with Gasteiger partial charge in [0.05, 0.1) is 11.6 Å². The van der Waals surface area contributed by atoms with Crippen LogP contribution in [0, 0.1) is 11.7 Å². The van der Waals surface area contributed by atoms with E-state index in [1.54, 1.807) is 30.3 Å². The Kier molecular flexibility index (Phi) is 5.85. The Morgan fingerprint density at radius 1 is 1.19 bits per heavy atom. The summed E-state index contributed by atoms with van der Waals surface area (Å²) < 4.78 is 19.4. The molecule has 2 aromatic rings. The number of hydrogen-bond acceptors (Lipinski definition) is 4. The number of ether oxygens (including phenoxy) is 1. The third kappa shape index (κ3) is 4.71. The fourth-order valence-corrected chi connectivity index (χ4v) is 3.00. The molecular formula is C19H16BrFN2O4. The van der Waals surface area contributed by atoms with Gasteiger partial charge >= 0.3 is 5.97 Å². The molecule has 0 bridgehead atoms. The van der Waals surface area contributed by atoms with Gasteiger partial charge < -0.3 is 15.0 Å². The van der Waals surface area contributed by atoms with E-state index in [1.165, 1.54) is 23.1 Å². The van der Waals surface area contributed by atoms with E-state index in [2.05, 4.69) is 21.2 Å². The van der Waals surface area contributed by atoms with Crippen molar-refractivity contribution in [3.63, 3.8) is 0 Å². The SMILES string of the molecule is O=C(COC(=O)[C@H]1CC(=O)N(c2ccc(Br)cc2)C1)Nc1ccccc1F. The molecule has 1 heterocycles. The quantitative estimate of drug-likeness (QED) is 0.733. The number of hydrogen-bond donors (Lipinski definition) is 1. The predicted octanol–water partition coefficient (Wildman–Crippen LogP) is 3.12. The molecule has 0 saturated carbocycles. The fourth-order valence-electron chi connectivity index (χ4n) is 2.74. The van der Waals surface area contributed by atoms with Gasteiger partial charge in [0.15, 0.2) is 6.61 Å². The van der Waals surface area contributed by atoms with E-state index in [4.69, 9.17) is 4.74 Å². The summed E-state index contributed by atoms with van der Waals surface area (Å²) in [7, 11) is 0. The van der Waals surface area contributed by atoms with E-state index in [9.17, 15) is 18.8 Å². The molecule has 1 saturated heterocycles. The van der Waals surface area contributed by atoms with Crippen molar-refractivity contribution in [2.45, 2.75) is 6.42 Å². The van der Waals surface area contributed by atoms with Gasteiger partial charge in [0.2, 0.25) is 5.91 Å². The molecule has 2 amide bonds. The zero-order chi connectivity index (χ0) is 19.4. The third-order valence-corrected chi connectivity index (χ3v) is 4.62. The van der Waals surface area contributed by atoms with Crippen molar-refractivity contribution in [3.05, 3.63) is 58.8 Å². The molecule has 0 unspecified atom stereocenters. The van der Waals surface area contributed by atoms with Gasteiger partial charge in [-0.05, 0) is 36.4 Å². The Balaban J connectivity index is 1.53. The van der Waals surface area contributed by atoms with Gasteiger partial charge in [-0.3, -0.25) is 14.4 Å². The number of amides is 2. The van der Waals surface area contributed by atoms with Crippen LogP contribution in [0.3, 0.4) is 0 Å². The Labute approximate surface area is 163 Å². The van der Waals surface area contributed by atoms with Gasteiger partial charge in [-0.25, -0.2) is 4.39 Å². The average Bonchev–Trinajstić information content (AvgIpc) is 3.04. The molecule has 27 heavy (non-hydrogen) atoms. The number of rotatable bonds is 5. The highest BCUT2D eigenvalue weighted by atomic mass is 79.9. The van der Waals surface area contributed by atoms with Crippen LogP contribution >= 0.6 is 15.9 Å². The third-order valence-electron chi connectivity index (χ3n) is 4.09. The van der Waals surface area contributed by atoms with Crippen molar-refractivity contribution < 1.29 is 23.5 Å². The van der Waals surface area contributed by atoms with E-state index >= 15 is 0 Å². The largest absolute Gasteiger partial charge is 0.455 e. The molecule has 1 fully saturated rings. The highest BCUT2D eigenvalue weighted by Crippen LogP contribution is 2.27. The number of anilines is 2. The number of para-hydroxylation sites is 1. The second-order valence-corrected chi connectivity index (χ2v) is 6.93. The van der Waals surface area contributed by atoms with E-state index in [0.717, 1.165) is 4.47 Å². The van der Waals surface area contributed by atoms with E-state index in [0.29, 0.717) is 5.69 Å². The van der Waals surface area contributed by atoms with Gasteiger partial charge in [-0.15, -0.1) is 0 Å². The summed E-state index contributed by atoms with van der Waals surface area (Å²) >= 11 is 3.33. The summed E-state index contributed by atoms with van der Waals surface area (Å²) in [5, 5.41) is 2.33. The fraction of sp³-hybridized carbons (Fsp3) is 0.211. The van der Waals surface area contributed by atoms with E-state index < -0.39 is 30.2 Å². The van der Waals surface area contributed by atoms with Crippen LogP contribution in [0.5, 0.6) is 0 Å². The standard InChI is InChI=1S/C19H16BrFN2O4/c20-13-5-7-14(8-6-13)23-10-12(9-18(23)25)19(26)27-11-17(24)22-16-4-2-1-3-15(16)21/h1-8,12H,9-11H2,(H,22,24)/t12-/m0/s1. The summed E-state index contributed by atoms with van der Waals surface area (Å²) in [4.78, 5) is 37.7. The number of carbonyl (C=O) groups excluding carboxylic acids is 3. The van der Waals surface area contributed by atoms with Crippen LogP contribution in [0.25, 0.3) is 0 Å². The number of halogens is 2. The first-order valence-corrected chi connectivity index (χ1v) is 9.00. The summed E-state index contributed by atoms with van der Waals surface area (Å²) in [5.74, 6) is -2.70. The van der Waals surface area contributed by atoms with Crippen molar-refractivity contribution in [1.82, 2.24) is 0 Å². The summed E-state index contributed by atoms with van der Waals surface area (Å²) in [6.07, 6.45) is 0.0177. The van der Waals surface area contributed by atoms with Gasteiger partial charge in [-0.1, -0.05) is 28.1 Å². The molecule has 140 valence electrons. The van der Waals surface area contributed by atoms with Gasteiger partial charge in [0.25, 0.3) is 5.91 Å². The monoisotopic (exact) mass is 434 g/mol. The predicted molar refractivity (Wildman–Crippen MR) is 101 cm³/mol. The van der Waals surface area contributed by atoms with Crippen LogP contribution < -0.4 is 10.2 Å². The summed E-state index contributed by atoms with van der Waals surface area (Å²) in [6.45, 7) is -0.357. The maximum atomic E-state index is 13.5. The maximum absolute atomic E-state index is 13.5. The Morgan fingerprint density at radius 3 is 2.59 bits per heavy atom. The van der Waals surface area contributed by atoms with Crippen molar-refractivity contribution in [1.29, 1.82) is 0 Å². The molecule has 2 aromatic carbocycles. The lowest BCUT2D eigenvalue weighted by Crippen LogP contribution is -2.28. The minimum absolute atomic E-state index is 0.0102. The molecule has 0 spiro atoms. The zero-order valence-corrected chi connectivity index (χ0v) is 15.7. The first-order valence-electron chi connectivity index (χ1n) is 8.21. The average molecular weight is 435 g/mol. The van der Waals surface area contributed by atoms with Crippen LogP contribution in [0.15, 0.2) is 53.0 Å². The van der Waals surface area contributed by atoms with Gasteiger partial charge in [0, 0.05) is 23.1 Å². The Bertz CT molecular complexity index is 872. The van der Waals surface area contributed by atoms with Crippen LogP contribution in [-0.4, -0.2) is 30.9 Å².